The molecule has 0 fully saturated rings. The number of aromatic nitrogens is 1. The van der Waals surface area contributed by atoms with Crippen molar-refractivity contribution >= 4 is 23.1 Å². The second kappa shape index (κ2) is 8.26. The number of rotatable bonds is 8. The topological polar surface area (TPSA) is 24.9 Å². The van der Waals surface area contributed by atoms with Crippen LogP contribution in [0.2, 0.25) is 0 Å². The maximum atomic E-state index is 4.24. The molecule has 0 unspecified atom stereocenters. The van der Waals surface area contributed by atoms with E-state index in [1.807, 2.05) is 23.3 Å². The zero-order chi connectivity index (χ0) is 10.1. The fourth-order valence-corrected chi connectivity index (χ4v) is 2.40. The summed E-state index contributed by atoms with van der Waals surface area (Å²) in [6.45, 7) is 4.41. The lowest BCUT2D eigenvalue weighted by molar-refractivity contribution is 0.673. The summed E-state index contributed by atoms with van der Waals surface area (Å²) < 4.78 is 0. The maximum Gasteiger partial charge on any atom is 0.0937 e. The van der Waals surface area contributed by atoms with E-state index in [0.717, 1.165) is 19.5 Å². The molecule has 1 aromatic rings. The summed E-state index contributed by atoms with van der Waals surface area (Å²) >= 11 is 3.75. The Morgan fingerprint density at radius 3 is 3.14 bits per heavy atom. The van der Waals surface area contributed by atoms with Crippen LogP contribution in [0.5, 0.6) is 0 Å². The molecule has 0 aromatic carbocycles. The van der Waals surface area contributed by atoms with Crippen LogP contribution in [-0.4, -0.2) is 29.6 Å². The molecule has 0 bridgehead atoms. The van der Waals surface area contributed by atoms with E-state index in [0.29, 0.717) is 0 Å². The molecule has 0 radical (unpaired) electrons. The van der Waals surface area contributed by atoms with Gasteiger partial charge in [-0.25, -0.2) is 4.98 Å². The van der Waals surface area contributed by atoms with Gasteiger partial charge in [-0.05, 0) is 24.5 Å². The quantitative estimate of drug-likeness (QED) is 0.694. The van der Waals surface area contributed by atoms with Gasteiger partial charge >= 0.3 is 0 Å². The van der Waals surface area contributed by atoms with Crippen LogP contribution in [0.15, 0.2) is 11.6 Å². The normalized spacial score (nSPS) is 10.6. The molecule has 4 heteroatoms. The van der Waals surface area contributed by atoms with Gasteiger partial charge in [-0.3, -0.25) is 0 Å². The van der Waals surface area contributed by atoms with Gasteiger partial charge in [0.05, 0.1) is 5.01 Å². The monoisotopic (exact) mass is 230 g/mol. The average molecular weight is 230 g/mol. The van der Waals surface area contributed by atoms with Gasteiger partial charge < -0.3 is 5.32 Å². The Morgan fingerprint density at radius 2 is 2.43 bits per heavy atom. The lowest BCUT2D eigenvalue weighted by Crippen LogP contribution is -2.18. The number of hydrogen-bond donors (Lipinski definition) is 1. The lowest BCUT2D eigenvalue weighted by Gasteiger charge is -2.02. The van der Waals surface area contributed by atoms with Crippen LogP contribution in [0.4, 0.5) is 0 Å². The minimum Gasteiger partial charge on any atom is -0.316 e. The van der Waals surface area contributed by atoms with E-state index in [1.54, 1.807) is 11.3 Å². The SMILES string of the molecule is CCSCCCNCCc1nccs1. The number of nitrogens with zero attached hydrogens (tertiary/aromatic N) is 1. The Balaban J connectivity index is 1.85. The van der Waals surface area contributed by atoms with Crippen LogP contribution >= 0.6 is 23.1 Å². The van der Waals surface area contributed by atoms with Crippen molar-refractivity contribution in [3.8, 4) is 0 Å². The van der Waals surface area contributed by atoms with Gasteiger partial charge in [0.15, 0.2) is 0 Å². The third-order valence-corrected chi connectivity index (χ3v) is 3.67. The molecule has 14 heavy (non-hydrogen) atoms. The standard InChI is InChI=1S/C10H18N2S2/c1-2-13-8-3-5-11-6-4-10-12-7-9-14-10/h7,9,11H,2-6,8H2,1H3. The van der Waals surface area contributed by atoms with E-state index >= 15 is 0 Å². The summed E-state index contributed by atoms with van der Waals surface area (Å²) in [6.07, 6.45) is 4.22. The van der Waals surface area contributed by atoms with Crippen molar-refractivity contribution in [2.45, 2.75) is 19.8 Å². The van der Waals surface area contributed by atoms with Gasteiger partial charge in [0.25, 0.3) is 0 Å². The maximum absolute atomic E-state index is 4.24. The smallest absolute Gasteiger partial charge is 0.0937 e. The first kappa shape index (κ1) is 12.0. The first-order valence-corrected chi connectivity index (χ1v) is 7.13. The van der Waals surface area contributed by atoms with Crippen molar-refractivity contribution in [1.82, 2.24) is 10.3 Å². The molecular weight excluding hydrogens is 212 g/mol. The van der Waals surface area contributed by atoms with E-state index in [-0.39, 0.29) is 0 Å². The number of thiazole rings is 1. The molecule has 0 aliphatic carbocycles. The molecule has 1 N–H and O–H groups in total. The minimum absolute atomic E-state index is 1.06. The van der Waals surface area contributed by atoms with Crippen molar-refractivity contribution in [3.05, 3.63) is 16.6 Å². The van der Waals surface area contributed by atoms with Crippen molar-refractivity contribution in [2.24, 2.45) is 0 Å². The predicted molar refractivity (Wildman–Crippen MR) is 66.3 cm³/mol. The van der Waals surface area contributed by atoms with E-state index in [4.69, 9.17) is 0 Å². The fraction of sp³-hybridized carbons (Fsp3) is 0.700. The molecule has 0 spiro atoms. The van der Waals surface area contributed by atoms with Crippen molar-refractivity contribution in [2.75, 3.05) is 24.6 Å². The summed E-state index contributed by atoms with van der Waals surface area (Å²) in [6, 6.07) is 0. The van der Waals surface area contributed by atoms with Crippen LogP contribution in [0.3, 0.4) is 0 Å². The van der Waals surface area contributed by atoms with Gasteiger partial charge in [0, 0.05) is 24.5 Å². The highest BCUT2D eigenvalue weighted by Gasteiger charge is 1.94. The van der Waals surface area contributed by atoms with E-state index in [9.17, 15) is 0 Å². The zero-order valence-electron chi connectivity index (χ0n) is 8.66. The minimum atomic E-state index is 1.06. The third-order valence-electron chi connectivity index (χ3n) is 1.85. The molecule has 0 atom stereocenters. The summed E-state index contributed by atoms with van der Waals surface area (Å²) in [5, 5.41) is 6.71. The first-order chi connectivity index (χ1) is 6.93. The number of nitrogens with one attached hydrogen (secondary N) is 1. The Hall–Kier alpha value is -0.0600. The zero-order valence-corrected chi connectivity index (χ0v) is 10.3. The Morgan fingerprint density at radius 1 is 1.50 bits per heavy atom. The van der Waals surface area contributed by atoms with Gasteiger partial charge in [-0.2, -0.15) is 11.8 Å². The first-order valence-electron chi connectivity index (χ1n) is 5.10. The third kappa shape index (κ3) is 5.62. The molecule has 0 aliphatic heterocycles. The summed E-state index contributed by atoms with van der Waals surface area (Å²) in [5.74, 6) is 2.51. The van der Waals surface area contributed by atoms with Crippen LogP contribution < -0.4 is 5.32 Å². The lowest BCUT2D eigenvalue weighted by atomic mass is 10.4. The molecule has 0 amide bonds. The van der Waals surface area contributed by atoms with Gasteiger partial charge in [-0.15, -0.1) is 11.3 Å². The fourth-order valence-electron chi connectivity index (χ4n) is 1.14. The van der Waals surface area contributed by atoms with E-state index < -0.39 is 0 Å². The molecule has 0 saturated carbocycles. The molecule has 0 aliphatic rings. The van der Waals surface area contributed by atoms with E-state index in [2.05, 4.69) is 17.2 Å². The molecule has 2 nitrogen and oxygen atoms in total. The van der Waals surface area contributed by atoms with Crippen molar-refractivity contribution in [1.29, 1.82) is 0 Å². The number of thioether (sulfide) groups is 1. The molecule has 1 rings (SSSR count). The van der Waals surface area contributed by atoms with Crippen molar-refractivity contribution in [3.63, 3.8) is 0 Å². The highest BCUT2D eigenvalue weighted by atomic mass is 32.2. The summed E-state index contributed by atoms with van der Waals surface area (Å²) in [5.41, 5.74) is 0. The highest BCUT2D eigenvalue weighted by molar-refractivity contribution is 7.99. The average Bonchev–Trinajstić information content (AvgIpc) is 2.69. The molecule has 80 valence electrons. The number of hydrogen-bond acceptors (Lipinski definition) is 4. The Kier molecular flexibility index (Phi) is 7.09. The second-order valence-electron chi connectivity index (χ2n) is 2.98. The Labute approximate surface area is 94.5 Å². The van der Waals surface area contributed by atoms with E-state index in [1.165, 1.54) is 22.9 Å². The molecule has 1 aromatic heterocycles. The largest absolute Gasteiger partial charge is 0.316 e. The van der Waals surface area contributed by atoms with Gasteiger partial charge in [0.2, 0.25) is 0 Å². The summed E-state index contributed by atoms with van der Waals surface area (Å²) in [7, 11) is 0. The highest BCUT2D eigenvalue weighted by Crippen LogP contribution is 2.03. The van der Waals surface area contributed by atoms with Crippen molar-refractivity contribution < 1.29 is 0 Å². The molecule has 1 heterocycles. The molecule has 0 saturated heterocycles. The van der Waals surface area contributed by atoms with Crippen LogP contribution in [0, 0.1) is 0 Å². The van der Waals surface area contributed by atoms with Crippen LogP contribution in [-0.2, 0) is 6.42 Å². The van der Waals surface area contributed by atoms with Crippen LogP contribution in [0.1, 0.15) is 18.4 Å². The predicted octanol–water partition coefficient (Wildman–Crippen LogP) is 2.42. The Bertz CT molecular complexity index is 212. The van der Waals surface area contributed by atoms with Gasteiger partial charge in [0.1, 0.15) is 0 Å². The van der Waals surface area contributed by atoms with Gasteiger partial charge in [-0.1, -0.05) is 6.92 Å². The van der Waals surface area contributed by atoms with Crippen LogP contribution in [0.25, 0.3) is 0 Å². The summed E-state index contributed by atoms with van der Waals surface area (Å²) in [4.78, 5) is 4.24. The second-order valence-corrected chi connectivity index (χ2v) is 5.35. The molecular formula is C10H18N2S2.